The molecule has 0 saturated heterocycles. The van der Waals surface area contributed by atoms with Gasteiger partial charge < -0.3 is 24.8 Å². The Labute approximate surface area is 165 Å². The lowest BCUT2D eigenvalue weighted by Gasteiger charge is -2.11. The Morgan fingerprint density at radius 2 is 1.96 bits per heavy atom. The van der Waals surface area contributed by atoms with Crippen LogP contribution in [0, 0.1) is 0 Å². The maximum Gasteiger partial charge on any atom is 0.337 e. The maximum absolute atomic E-state index is 11.7. The van der Waals surface area contributed by atoms with Gasteiger partial charge >= 0.3 is 5.97 Å². The van der Waals surface area contributed by atoms with Crippen LogP contribution in [0.5, 0.6) is 11.5 Å². The molecule has 3 aromatic rings. The molecule has 0 bridgehead atoms. The number of nitrogens with one attached hydrogen (secondary N) is 2. The first-order chi connectivity index (χ1) is 13.6. The number of hydrogen-bond donors (Lipinski definition) is 2. The third-order valence-electron chi connectivity index (χ3n) is 3.93. The average molecular weight is 399 g/mol. The van der Waals surface area contributed by atoms with Crippen molar-refractivity contribution < 1.29 is 19.0 Å². The second-order valence-corrected chi connectivity index (χ2v) is 6.18. The molecule has 0 spiro atoms. The number of carbonyl (C=O) groups excluding carboxylic acids is 1. The summed E-state index contributed by atoms with van der Waals surface area (Å²) in [5, 5.41) is 6.61. The number of ether oxygens (including phenoxy) is 3. The fraction of sp³-hybridized carbons (Fsp3) is 0.105. The smallest absolute Gasteiger partial charge is 0.337 e. The van der Waals surface area contributed by atoms with Crippen LogP contribution in [-0.2, 0) is 4.74 Å². The van der Waals surface area contributed by atoms with Crippen molar-refractivity contribution in [2.45, 2.75) is 0 Å². The van der Waals surface area contributed by atoms with E-state index in [0.717, 1.165) is 5.69 Å². The van der Waals surface area contributed by atoms with Gasteiger partial charge in [-0.15, -0.1) is 0 Å². The molecule has 8 nitrogen and oxygen atoms in total. The first-order valence-corrected chi connectivity index (χ1v) is 8.65. The zero-order valence-electron chi connectivity index (χ0n) is 14.7. The highest BCUT2D eigenvalue weighted by Gasteiger charge is 2.14. The van der Waals surface area contributed by atoms with Crippen LogP contribution in [0.1, 0.15) is 10.4 Å². The van der Waals surface area contributed by atoms with Crippen molar-refractivity contribution in [2.24, 2.45) is 0 Å². The number of anilines is 4. The van der Waals surface area contributed by atoms with E-state index >= 15 is 0 Å². The second kappa shape index (κ2) is 7.61. The van der Waals surface area contributed by atoms with Crippen LogP contribution in [0.15, 0.2) is 48.7 Å². The van der Waals surface area contributed by atoms with Crippen LogP contribution in [0.4, 0.5) is 23.1 Å². The summed E-state index contributed by atoms with van der Waals surface area (Å²) in [5.41, 5.74) is 1.65. The minimum absolute atomic E-state index is 0.214. The molecule has 142 valence electrons. The van der Waals surface area contributed by atoms with E-state index in [1.54, 1.807) is 30.5 Å². The summed E-state index contributed by atoms with van der Waals surface area (Å²) >= 11 is 6.21. The quantitative estimate of drug-likeness (QED) is 0.619. The molecule has 2 heterocycles. The zero-order valence-corrected chi connectivity index (χ0v) is 15.5. The van der Waals surface area contributed by atoms with E-state index in [0.29, 0.717) is 39.5 Å². The highest BCUT2D eigenvalue weighted by atomic mass is 35.5. The minimum atomic E-state index is -0.459. The standard InChI is InChI=1S/C19H15ClN4O4/c1-26-18(25)11-2-4-13(20)14(8-11)23-19-21-7-6-17(24-19)22-12-3-5-15-16(9-12)28-10-27-15/h2-9H,10H2,1H3,(H2,21,22,23,24). The summed E-state index contributed by atoms with van der Waals surface area (Å²) in [6.07, 6.45) is 1.60. The number of halogens is 1. The van der Waals surface area contributed by atoms with E-state index in [-0.39, 0.29) is 6.79 Å². The first kappa shape index (κ1) is 17.9. The van der Waals surface area contributed by atoms with Crippen molar-refractivity contribution in [1.29, 1.82) is 0 Å². The first-order valence-electron chi connectivity index (χ1n) is 8.27. The summed E-state index contributed by atoms with van der Waals surface area (Å²) in [7, 11) is 1.32. The van der Waals surface area contributed by atoms with Gasteiger partial charge in [-0.1, -0.05) is 11.6 Å². The van der Waals surface area contributed by atoms with E-state index in [9.17, 15) is 4.79 Å². The summed E-state index contributed by atoms with van der Waals surface area (Å²) < 4.78 is 15.4. The van der Waals surface area contributed by atoms with E-state index in [2.05, 4.69) is 20.6 Å². The fourth-order valence-corrected chi connectivity index (χ4v) is 2.76. The Bertz CT molecular complexity index is 1040. The van der Waals surface area contributed by atoms with Gasteiger partial charge in [0.2, 0.25) is 12.7 Å². The topological polar surface area (TPSA) is 94.6 Å². The SMILES string of the molecule is COC(=O)c1ccc(Cl)c(Nc2nccc(Nc3ccc4c(c3)OCO4)n2)c1. The van der Waals surface area contributed by atoms with Crippen LogP contribution in [0.25, 0.3) is 0 Å². The number of benzene rings is 2. The molecule has 9 heteroatoms. The Hall–Kier alpha value is -3.52. The number of nitrogens with zero attached hydrogens (tertiary/aromatic N) is 2. The Balaban J connectivity index is 1.54. The maximum atomic E-state index is 11.7. The van der Waals surface area contributed by atoms with Gasteiger partial charge in [0.25, 0.3) is 0 Å². The van der Waals surface area contributed by atoms with Crippen LogP contribution in [-0.4, -0.2) is 29.8 Å². The number of carbonyl (C=O) groups is 1. The summed E-state index contributed by atoms with van der Waals surface area (Å²) in [6, 6.07) is 12.0. The minimum Gasteiger partial charge on any atom is -0.465 e. The second-order valence-electron chi connectivity index (χ2n) is 5.77. The number of fused-ring (bicyclic) bond motifs is 1. The van der Waals surface area contributed by atoms with Gasteiger partial charge in [-0.05, 0) is 36.4 Å². The largest absolute Gasteiger partial charge is 0.465 e. The highest BCUT2D eigenvalue weighted by molar-refractivity contribution is 6.33. The van der Waals surface area contributed by atoms with Crippen LogP contribution in [0.3, 0.4) is 0 Å². The van der Waals surface area contributed by atoms with Gasteiger partial charge in [-0.25, -0.2) is 9.78 Å². The molecule has 1 aromatic heterocycles. The van der Waals surface area contributed by atoms with Crippen LogP contribution >= 0.6 is 11.6 Å². The monoisotopic (exact) mass is 398 g/mol. The third-order valence-corrected chi connectivity index (χ3v) is 4.26. The Kier molecular flexibility index (Phi) is 4.86. The molecule has 0 atom stereocenters. The number of esters is 1. The predicted octanol–water partition coefficient (Wildman–Crippen LogP) is 4.13. The molecule has 4 rings (SSSR count). The van der Waals surface area contributed by atoms with Crippen LogP contribution in [0.2, 0.25) is 5.02 Å². The molecule has 0 fully saturated rings. The molecule has 0 unspecified atom stereocenters. The molecule has 2 N–H and O–H groups in total. The van der Waals surface area contributed by atoms with Gasteiger partial charge in [-0.3, -0.25) is 0 Å². The average Bonchev–Trinajstić information content (AvgIpc) is 3.17. The third kappa shape index (κ3) is 3.77. The summed E-state index contributed by atoms with van der Waals surface area (Å²) in [5.74, 6) is 1.80. The number of hydrogen-bond acceptors (Lipinski definition) is 8. The molecular weight excluding hydrogens is 384 g/mol. The molecule has 2 aromatic carbocycles. The lowest BCUT2D eigenvalue weighted by atomic mass is 10.2. The van der Waals surface area contributed by atoms with E-state index < -0.39 is 5.97 Å². The Morgan fingerprint density at radius 1 is 1.11 bits per heavy atom. The summed E-state index contributed by atoms with van der Waals surface area (Å²) in [6.45, 7) is 0.214. The van der Waals surface area contributed by atoms with Crippen molar-refractivity contribution in [3.05, 3.63) is 59.2 Å². The lowest BCUT2D eigenvalue weighted by molar-refractivity contribution is 0.0601. The van der Waals surface area contributed by atoms with Gasteiger partial charge in [0, 0.05) is 18.0 Å². The normalized spacial score (nSPS) is 11.8. The van der Waals surface area contributed by atoms with E-state index in [1.165, 1.54) is 7.11 Å². The molecule has 1 aliphatic heterocycles. The van der Waals surface area contributed by atoms with Crippen molar-refractivity contribution in [3.8, 4) is 11.5 Å². The summed E-state index contributed by atoms with van der Waals surface area (Å²) in [4.78, 5) is 20.3. The van der Waals surface area contributed by atoms with E-state index in [4.69, 9.17) is 25.8 Å². The molecule has 0 saturated carbocycles. The molecule has 0 amide bonds. The highest BCUT2D eigenvalue weighted by Crippen LogP contribution is 2.35. The molecular formula is C19H15ClN4O4. The van der Waals surface area contributed by atoms with Crippen molar-refractivity contribution in [2.75, 3.05) is 24.5 Å². The molecule has 1 aliphatic rings. The number of rotatable bonds is 5. The van der Waals surface area contributed by atoms with Gasteiger partial charge in [-0.2, -0.15) is 4.98 Å². The van der Waals surface area contributed by atoms with E-state index in [1.807, 2.05) is 18.2 Å². The van der Waals surface area contributed by atoms with Crippen molar-refractivity contribution in [3.63, 3.8) is 0 Å². The van der Waals surface area contributed by atoms with Crippen LogP contribution < -0.4 is 20.1 Å². The fourth-order valence-electron chi connectivity index (χ4n) is 2.60. The Morgan fingerprint density at radius 3 is 2.82 bits per heavy atom. The number of aromatic nitrogens is 2. The number of methoxy groups -OCH3 is 1. The predicted molar refractivity (Wildman–Crippen MR) is 104 cm³/mol. The molecule has 0 aliphatic carbocycles. The molecule has 0 radical (unpaired) electrons. The van der Waals surface area contributed by atoms with Crippen molar-refractivity contribution >= 4 is 40.7 Å². The van der Waals surface area contributed by atoms with Gasteiger partial charge in [0.1, 0.15) is 5.82 Å². The van der Waals surface area contributed by atoms with Gasteiger partial charge in [0.15, 0.2) is 11.5 Å². The zero-order chi connectivity index (χ0) is 19.5. The molecule has 28 heavy (non-hydrogen) atoms. The lowest BCUT2D eigenvalue weighted by Crippen LogP contribution is -2.04. The van der Waals surface area contributed by atoms with Crippen molar-refractivity contribution in [1.82, 2.24) is 9.97 Å². The van der Waals surface area contributed by atoms with Gasteiger partial charge in [0.05, 0.1) is 23.4 Å².